The van der Waals surface area contributed by atoms with Crippen LogP contribution in [0.25, 0.3) is 0 Å². The molecule has 0 aliphatic carbocycles. The first-order valence-electron chi connectivity index (χ1n) is 16.8. The molecule has 4 rings (SSSR count). The first kappa shape index (κ1) is 37.0. The van der Waals surface area contributed by atoms with Gasteiger partial charge in [0.1, 0.15) is 24.2 Å². The Labute approximate surface area is 284 Å². The van der Waals surface area contributed by atoms with Crippen molar-refractivity contribution in [3.05, 3.63) is 54.1 Å². The summed E-state index contributed by atoms with van der Waals surface area (Å²) in [6, 6.07) is 4.38. The number of aliphatic carboxylic acids is 1. The zero-order chi connectivity index (χ0) is 35.2. The molecule has 2 saturated heterocycles. The van der Waals surface area contributed by atoms with Gasteiger partial charge < -0.3 is 47.3 Å². The number of nitrogens with one attached hydrogen (secondary N) is 6. The number of nitrogens with two attached hydrogens (primary N) is 1. The van der Waals surface area contributed by atoms with Gasteiger partial charge in [0.05, 0.1) is 18.9 Å². The van der Waals surface area contributed by atoms with Crippen molar-refractivity contribution in [3.8, 4) is 0 Å². The third kappa shape index (κ3) is 11.1. The number of hydrogen-bond donors (Lipinski definition) is 8. The lowest BCUT2D eigenvalue weighted by molar-refractivity contribution is -0.142. The number of amides is 5. The molecule has 0 unspecified atom stereocenters. The Morgan fingerprint density at radius 1 is 0.939 bits per heavy atom. The van der Waals surface area contributed by atoms with Crippen LogP contribution >= 0.6 is 0 Å². The second kappa shape index (κ2) is 18.6. The van der Waals surface area contributed by atoms with Crippen LogP contribution in [0.2, 0.25) is 0 Å². The van der Waals surface area contributed by atoms with Crippen molar-refractivity contribution in [3.63, 3.8) is 0 Å². The molecular weight excluding hydrogens is 634 g/mol. The van der Waals surface area contributed by atoms with Gasteiger partial charge in [-0.3, -0.25) is 24.0 Å². The highest BCUT2D eigenvalue weighted by Crippen LogP contribution is 2.21. The molecule has 1 aromatic heterocycles. The molecule has 2 aliphatic heterocycles. The van der Waals surface area contributed by atoms with Gasteiger partial charge in [-0.2, -0.15) is 0 Å². The Morgan fingerprint density at radius 3 is 2.33 bits per heavy atom. The normalized spacial score (nSPS) is 19.0. The maximum atomic E-state index is 13.7. The fourth-order valence-electron chi connectivity index (χ4n) is 6.11. The molecule has 0 radical (unpaired) electrons. The summed E-state index contributed by atoms with van der Waals surface area (Å²) in [7, 11) is 0. The van der Waals surface area contributed by atoms with Crippen molar-refractivity contribution in [2.24, 2.45) is 5.73 Å². The summed E-state index contributed by atoms with van der Waals surface area (Å²) in [6.07, 6.45) is 6.97. The summed E-state index contributed by atoms with van der Waals surface area (Å²) in [5.74, 6) is -3.82. The lowest BCUT2D eigenvalue weighted by Gasteiger charge is -2.27. The summed E-state index contributed by atoms with van der Waals surface area (Å²) in [6.45, 7) is 1.16. The lowest BCUT2D eigenvalue weighted by atomic mass is 10.0. The number of nitrogens with zero attached hydrogens (tertiary/aromatic N) is 2. The summed E-state index contributed by atoms with van der Waals surface area (Å²) in [5.41, 5.74) is 6.78. The molecule has 5 amide bonds. The number of H-pyrrole nitrogens is 1. The number of carboxylic acid groups (broad SMARTS) is 1. The molecule has 0 spiro atoms. The fraction of sp³-hybridized carbons (Fsp3) is 0.545. The summed E-state index contributed by atoms with van der Waals surface area (Å²) in [4.78, 5) is 86.7. The Bertz CT molecular complexity index is 1420. The van der Waals surface area contributed by atoms with Crippen LogP contribution in [0.15, 0.2) is 42.9 Å². The quantitative estimate of drug-likeness (QED) is 0.0867. The number of carbonyl (C=O) groups excluding carboxylic acids is 5. The average Bonchev–Trinajstić information content (AvgIpc) is 3.90. The van der Waals surface area contributed by atoms with E-state index in [2.05, 4.69) is 36.6 Å². The molecular formula is C33H47N9O7. The van der Waals surface area contributed by atoms with Gasteiger partial charge in [-0.05, 0) is 63.6 Å². The number of carboxylic acids is 1. The van der Waals surface area contributed by atoms with Gasteiger partial charge in [0, 0.05) is 31.3 Å². The topological polar surface area (TPSA) is 241 Å². The molecule has 5 atom stereocenters. The van der Waals surface area contributed by atoms with Crippen LogP contribution in [0.5, 0.6) is 0 Å². The van der Waals surface area contributed by atoms with E-state index in [0.717, 1.165) is 18.5 Å². The molecule has 2 aromatic rings. The smallest absolute Gasteiger partial charge is 0.326 e. The monoisotopic (exact) mass is 681 g/mol. The van der Waals surface area contributed by atoms with Crippen LogP contribution in [-0.4, -0.2) is 112 Å². The predicted molar refractivity (Wildman–Crippen MR) is 178 cm³/mol. The molecule has 2 aliphatic rings. The van der Waals surface area contributed by atoms with E-state index in [1.165, 1.54) is 12.5 Å². The zero-order valence-electron chi connectivity index (χ0n) is 27.5. The Kier molecular flexibility index (Phi) is 14.1. The van der Waals surface area contributed by atoms with Crippen LogP contribution in [0.3, 0.4) is 0 Å². The van der Waals surface area contributed by atoms with Gasteiger partial charge in [-0.1, -0.05) is 30.3 Å². The first-order chi connectivity index (χ1) is 23.7. The van der Waals surface area contributed by atoms with Crippen LogP contribution in [0, 0.1) is 0 Å². The van der Waals surface area contributed by atoms with Crippen LogP contribution < -0.4 is 32.3 Å². The standard InChI is InChI=1S/C33H47N9O7/c34-13-5-4-10-24(33(48)49)40-29(44)25(16-21-8-2-1-3-9-21)41-30(45)26(17-22-18-35-20-38-22)39-28(43)19-37-31(46)27-12-7-15-42(27)32(47)23-11-6-14-36-23/h1-3,8-9,18,20,23-27,36H,4-7,10-17,19,34H2,(H,35,38)(H,37,46)(H,39,43)(H,40,44)(H,41,45)(H,48,49)/t23-,24-,25-,26-,27-/m0/s1. The number of benzene rings is 1. The summed E-state index contributed by atoms with van der Waals surface area (Å²) < 4.78 is 0. The molecule has 0 bridgehead atoms. The Morgan fingerprint density at radius 2 is 1.67 bits per heavy atom. The van der Waals surface area contributed by atoms with E-state index in [1.54, 1.807) is 35.2 Å². The van der Waals surface area contributed by atoms with Gasteiger partial charge in [-0.25, -0.2) is 9.78 Å². The van der Waals surface area contributed by atoms with Gasteiger partial charge in [0.2, 0.25) is 29.5 Å². The van der Waals surface area contributed by atoms with Crippen LogP contribution in [-0.2, 0) is 41.6 Å². The SMILES string of the molecule is NCCCC[C@H](NC(=O)[C@H](Cc1ccccc1)NC(=O)[C@H](Cc1cnc[nH]1)NC(=O)CNC(=O)[C@@H]1CCCN1C(=O)[C@@H]1CCCN1)C(=O)O. The minimum Gasteiger partial charge on any atom is -0.480 e. The number of aromatic amines is 1. The summed E-state index contributed by atoms with van der Waals surface area (Å²) >= 11 is 0. The van der Waals surface area contributed by atoms with Gasteiger partial charge >= 0.3 is 5.97 Å². The number of likely N-dealkylation sites (tertiary alicyclic amines) is 1. The molecule has 0 saturated carbocycles. The van der Waals surface area contributed by atoms with E-state index in [9.17, 15) is 33.9 Å². The maximum Gasteiger partial charge on any atom is 0.326 e. The fourth-order valence-corrected chi connectivity index (χ4v) is 6.11. The van der Waals surface area contributed by atoms with E-state index in [0.29, 0.717) is 50.9 Å². The molecule has 266 valence electrons. The van der Waals surface area contributed by atoms with Crippen molar-refractivity contribution in [1.82, 2.24) is 41.5 Å². The predicted octanol–water partition coefficient (Wildman–Crippen LogP) is -1.28. The van der Waals surface area contributed by atoms with Crippen LogP contribution in [0.4, 0.5) is 0 Å². The number of aromatic nitrogens is 2. The second-order valence-corrected chi connectivity index (χ2v) is 12.4. The largest absolute Gasteiger partial charge is 0.480 e. The van der Waals surface area contributed by atoms with Gasteiger partial charge in [-0.15, -0.1) is 0 Å². The van der Waals surface area contributed by atoms with E-state index < -0.39 is 60.3 Å². The molecule has 16 nitrogen and oxygen atoms in total. The lowest BCUT2D eigenvalue weighted by Crippen LogP contribution is -2.58. The number of unbranched alkanes of at least 4 members (excludes halogenated alkanes) is 1. The maximum absolute atomic E-state index is 13.7. The molecule has 3 heterocycles. The minimum absolute atomic E-state index is 0.0126. The van der Waals surface area contributed by atoms with E-state index in [-0.39, 0.29) is 31.2 Å². The molecule has 9 N–H and O–H groups in total. The van der Waals surface area contributed by atoms with E-state index >= 15 is 0 Å². The Balaban J connectivity index is 1.42. The average molecular weight is 682 g/mol. The van der Waals surface area contributed by atoms with Crippen molar-refractivity contribution in [1.29, 1.82) is 0 Å². The highest BCUT2D eigenvalue weighted by Gasteiger charge is 2.38. The number of rotatable bonds is 18. The second-order valence-electron chi connectivity index (χ2n) is 12.4. The van der Waals surface area contributed by atoms with Gasteiger partial charge in [0.15, 0.2) is 0 Å². The van der Waals surface area contributed by atoms with Crippen molar-refractivity contribution in [2.45, 2.75) is 88.0 Å². The highest BCUT2D eigenvalue weighted by molar-refractivity contribution is 5.95. The number of hydrogen-bond acceptors (Lipinski definition) is 9. The Hall–Kier alpha value is -4.83. The molecule has 49 heavy (non-hydrogen) atoms. The molecule has 16 heteroatoms. The van der Waals surface area contributed by atoms with E-state index in [1.807, 2.05) is 0 Å². The summed E-state index contributed by atoms with van der Waals surface area (Å²) in [5, 5.41) is 23.4. The van der Waals surface area contributed by atoms with E-state index in [4.69, 9.17) is 5.73 Å². The third-order valence-electron chi connectivity index (χ3n) is 8.73. The van der Waals surface area contributed by atoms with Gasteiger partial charge in [0.25, 0.3) is 0 Å². The third-order valence-corrected chi connectivity index (χ3v) is 8.73. The minimum atomic E-state index is -1.21. The highest BCUT2D eigenvalue weighted by atomic mass is 16.4. The van der Waals surface area contributed by atoms with Crippen LogP contribution in [0.1, 0.15) is 56.2 Å². The van der Waals surface area contributed by atoms with Crippen molar-refractivity contribution >= 4 is 35.5 Å². The van der Waals surface area contributed by atoms with Crippen molar-refractivity contribution < 1.29 is 33.9 Å². The number of imidazole rings is 1. The van der Waals surface area contributed by atoms with Crippen molar-refractivity contribution in [2.75, 3.05) is 26.2 Å². The zero-order valence-corrected chi connectivity index (χ0v) is 27.5. The molecule has 2 fully saturated rings. The molecule has 1 aromatic carbocycles. The number of carbonyl (C=O) groups is 6. The first-order valence-corrected chi connectivity index (χ1v) is 16.8.